The fraction of sp³-hybridized carbons (Fsp3) is 0.900. The molecule has 1 rings (SSSR count). The van der Waals surface area contributed by atoms with E-state index >= 15 is 0 Å². The molecule has 82 valence electrons. The van der Waals surface area contributed by atoms with Crippen LogP contribution in [0.5, 0.6) is 0 Å². The van der Waals surface area contributed by atoms with Crippen LogP contribution in [-0.4, -0.2) is 55.2 Å². The van der Waals surface area contributed by atoms with E-state index in [1.807, 2.05) is 0 Å². The highest BCUT2D eigenvalue weighted by Crippen LogP contribution is 2.09. The second-order valence-electron chi connectivity index (χ2n) is 3.75. The lowest BCUT2D eigenvalue weighted by Crippen LogP contribution is -2.51. The molecule has 14 heavy (non-hydrogen) atoms. The van der Waals surface area contributed by atoms with Gasteiger partial charge in [0.25, 0.3) is 0 Å². The Kier molecular flexibility index (Phi) is 4.20. The minimum atomic E-state index is -0.200. The van der Waals surface area contributed by atoms with Gasteiger partial charge in [0, 0.05) is 32.2 Å². The van der Waals surface area contributed by atoms with Crippen LogP contribution in [0.4, 0.5) is 4.79 Å². The molecule has 1 atom stereocenters. The van der Waals surface area contributed by atoms with E-state index in [4.69, 9.17) is 0 Å². The van der Waals surface area contributed by atoms with Gasteiger partial charge in [0.1, 0.15) is 0 Å². The third kappa shape index (κ3) is 2.61. The Morgan fingerprint density at radius 2 is 1.93 bits per heavy atom. The van der Waals surface area contributed by atoms with E-state index < -0.39 is 0 Å². The second kappa shape index (κ2) is 5.20. The van der Waals surface area contributed by atoms with Crippen molar-refractivity contribution in [3.63, 3.8) is 0 Å². The van der Waals surface area contributed by atoms with Crippen molar-refractivity contribution in [2.24, 2.45) is 0 Å². The molecule has 0 aromatic carbocycles. The van der Waals surface area contributed by atoms with Crippen LogP contribution >= 0.6 is 0 Å². The summed E-state index contributed by atoms with van der Waals surface area (Å²) in [6.45, 7) is 7.92. The number of carbonyl (C=O) groups is 1. The molecule has 0 bridgehead atoms. The lowest BCUT2D eigenvalue weighted by molar-refractivity contribution is 0.0771. The summed E-state index contributed by atoms with van der Waals surface area (Å²) >= 11 is 0. The van der Waals surface area contributed by atoms with E-state index in [1.165, 1.54) is 7.11 Å². The monoisotopic (exact) mass is 200 g/mol. The molecule has 0 saturated carbocycles. The maximum absolute atomic E-state index is 11.2. The fourth-order valence-corrected chi connectivity index (χ4v) is 1.73. The van der Waals surface area contributed by atoms with Gasteiger partial charge < -0.3 is 9.64 Å². The topological polar surface area (TPSA) is 32.8 Å². The highest BCUT2D eigenvalue weighted by Gasteiger charge is 2.23. The normalized spacial score (nSPS) is 20.6. The molecule has 0 radical (unpaired) electrons. The van der Waals surface area contributed by atoms with Gasteiger partial charge in [-0.25, -0.2) is 4.79 Å². The average molecular weight is 200 g/mol. The molecular weight excluding hydrogens is 180 g/mol. The first-order valence-corrected chi connectivity index (χ1v) is 5.26. The summed E-state index contributed by atoms with van der Waals surface area (Å²) in [6.07, 6.45) is 0.965. The van der Waals surface area contributed by atoms with Gasteiger partial charge in [0.2, 0.25) is 0 Å². The molecule has 4 nitrogen and oxygen atoms in total. The summed E-state index contributed by atoms with van der Waals surface area (Å²) in [7, 11) is 1.43. The van der Waals surface area contributed by atoms with E-state index in [9.17, 15) is 4.79 Å². The second-order valence-corrected chi connectivity index (χ2v) is 3.75. The molecule has 4 heteroatoms. The molecule has 0 N–H and O–H groups in total. The first-order valence-electron chi connectivity index (χ1n) is 5.26. The van der Waals surface area contributed by atoms with Gasteiger partial charge in [0.05, 0.1) is 7.11 Å². The van der Waals surface area contributed by atoms with Crippen LogP contribution in [0.15, 0.2) is 0 Å². The Morgan fingerprint density at radius 1 is 1.36 bits per heavy atom. The summed E-state index contributed by atoms with van der Waals surface area (Å²) in [4.78, 5) is 15.4. The zero-order valence-corrected chi connectivity index (χ0v) is 9.32. The minimum absolute atomic E-state index is 0.200. The summed E-state index contributed by atoms with van der Waals surface area (Å²) in [5.74, 6) is 0. The molecule has 1 aliphatic rings. The van der Waals surface area contributed by atoms with Crippen molar-refractivity contribution in [1.82, 2.24) is 9.80 Å². The Bertz CT molecular complexity index is 189. The van der Waals surface area contributed by atoms with Gasteiger partial charge in [-0.1, -0.05) is 6.92 Å². The van der Waals surface area contributed by atoms with E-state index in [-0.39, 0.29) is 6.09 Å². The highest BCUT2D eigenvalue weighted by atomic mass is 16.5. The summed E-state index contributed by atoms with van der Waals surface area (Å²) in [5, 5.41) is 0. The smallest absolute Gasteiger partial charge is 0.409 e. The van der Waals surface area contributed by atoms with Crippen molar-refractivity contribution in [3.05, 3.63) is 0 Å². The van der Waals surface area contributed by atoms with Gasteiger partial charge >= 0.3 is 6.09 Å². The Hall–Kier alpha value is -0.770. The maximum Gasteiger partial charge on any atom is 0.409 e. The van der Waals surface area contributed by atoms with E-state index in [0.717, 1.165) is 32.6 Å². The van der Waals surface area contributed by atoms with E-state index in [0.29, 0.717) is 6.04 Å². The number of hydrogen-bond acceptors (Lipinski definition) is 3. The first-order chi connectivity index (χ1) is 6.69. The summed E-state index contributed by atoms with van der Waals surface area (Å²) in [5.41, 5.74) is 0. The molecule has 1 saturated heterocycles. The van der Waals surface area contributed by atoms with Gasteiger partial charge in [0.15, 0.2) is 0 Å². The molecule has 1 heterocycles. The van der Waals surface area contributed by atoms with E-state index in [2.05, 4.69) is 23.5 Å². The Labute approximate surface area is 85.8 Å². The predicted octanol–water partition coefficient (Wildman–Crippen LogP) is 1.17. The third-order valence-electron chi connectivity index (χ3n) is 2.96. The molecule has 0 aromatic heterocycles. The van der Waals surface area contributed by atoms with Gasteiger partial charge in [-0.2, -0.15) is 0 Å². The zero-order chi connectivity index (χ0) is 10.6. The molecule has 1 unspecified atom stereocenters. The average Bonchev–Trinajstić information content (AvgIpc) is 2.27. The number of piperazine rings is 1. The quantitative estimate of drug-likeness (QED) is 0.670. The van der Waals surface area contributed by atoms with Crippen LogP contribution in [0.25, 0.3) is 0 Å². The standard InChI is InChI=1S/C10H20N2O2/c1-4-9(2)11-5-7-12(8-6-11)10(13)14-3/h9H,4-8H2,1-3H3. The molecule has 1 aliphatic heterocycles. The lowest BCUT2D eigenvalue weighted by atomic mass is 10.2. The Balaban J connectivity index is 2.34. The molecule has 0 spiro atoms. The highest BCUT2D eigenvalue weighted by molar-refractivity contribution is 5.67. The number of carbonyl (C=O) groups excluding carboxylic acids is 1. The van der Waals surface area contributed by atoms with E-state index in [1.54, 1.807) is 4.90 Å². The number of methoxy groups -OCH3 is 1. The van der Waals surface area contributed by atoms with Gasteiger partial charge in [-0.05, 0) is 13.3 Å². The first kappa shape index (κ1) is 11.3. The predicted molar refractivity (Wildman–Crippen MR) is 55.3 cm³/mol. The van der Waals surface area contributed by atoms with Crippen LogP contribution in [0.2, 0.25) is 0 Å². The van der Waals surface area contributed by atoms with Crippen LogP contribution in [-0.2, 0) is 4.74 Å². The van der Waals surface area contributed by atoms with Crippen molar-refractivity contribution in [1.29, 1.82) is 0 Å². The van der Waals surface area contributed by atoms with Crippen LogP contribution in [0.3, 0.4) is 0 Å². The van der Waals surface area contributed by atoms with Crippen molar-refractivity contribution in [2.75, 3.05) is 33.3 Å². The molecular formula is C10H20N2O2. The van der Waals surface area contributed by atoms with Crippen LogP contribution in [0, 0.1) is 0 Å². The number of hydrogen-bond donors (Lipinski definition) is 0. The number of ether oxygens (including phenoxy) is 1. The van der Waals surface area contributed by atoms with Crippen LogP contribution < -0.4 is 0 Å². The maximum atomic E-state index is 11.2. The molecule has 1 fully saturated rings. The van der Waals surface area contributed by atoms with Crippen molar-refractivity contribution < 1.29 is 9.53 Å². The lowest BCUT2D eigenvalue weighted by Gasteiger charge is -2.37. The van der Waals surface area contributed by atoms with Crippen molar-refractivity contribution >= 4 is 6.09 Å². The fourth-order valence-electron chi connectivity index (χ4n) is 1.73. The summed E-state index contributed by atoms with van der Waals surface area (Å²) < 4.78 is 4.68. The van der Waals surface area contributed by atoms with Crippen LogP contribution in [0.1, 0.15) is 20.3 Å². The third-order valence-corrected chi connectivity index (χ3v) is 2.96. The van der Waals surface area contributed by atoms with Gasteiger partial charge in [-0.3, -0.25) is 4.90 Å². The molecule has 0 aromatic rings. The molecule has 1 amide bonds. The molecule has 0 aliphatic carbocycles. The van der Waals surface area contributed by atoms with Gasteiger partial charge in [-0.15, -0.1) is 0 Å². The van der Waals surface area contributed by atoms with Crippen molar-refractivity contribution in [2.45, 2.75) is 26.3 Å². The zero-order valence-electron chi connectivity index (χ0n) is 9.32. The largest absolute Gasteiger partial charge is 0.453 e. The number of nitrogens with zero attached hydrogens (tertiary/aromatic N) is 2. The SMILES string of the molecule is CCC(C)N1CCN(C(=O)OC)CC1. The minimum Gasteiger partial charge on any atom is -0.453 e. The van der Waals surface area contributed by atoms with Crippen molar-refractivity contribution in [3.8, 4) is 0 Å². The summed E-state index contributed by atoms with van der Waals surface area (Å²) in [6, 6.07) is 0.620. The number of rotatable bonds is 2. The Morgan fingerprint density at radius 3 is 2.36 bits per heavy atom. The number of amides is 1.